The van der Waals surface area contributed by atoms with Gasteiger partial charge in [0.25, 0.3) is 0 Å². The van der Waals surface area contributed by atoms with Crippen molar-refractivity contribution in [2.45, 2.75) is 25.7 Å². The van der Waals surface area contributed by atoms with E-state index in [9.17, 15) is 14.8 Å². The number of hydrogen-bond acceptors (Lipinski definition) is 3. The Morgan fingerprint density at radius 2 is 1.77 bits per heavy atom. The summed E-state index contributed by atoms with van der Waals surface area (Å²) in [5.41, 5.74) is 2.02. The molecule has 0 radical (unpaired) electrons. The minimum Gasteiger partial charge on any atom is -0.508 e. The molecule has 6 nitrogen and oxygen atoms in total. The molecule has 0 bridgehead atoms. The van der Waals surface area contributed by atoms with Crippen molar-refractivity contribution in [2.75, 3.05) is 0 Å². The molecule has 0 saturated carbocycles. The number of aliphatic hydroxyl groups is 1. The standard InChI is InChI=1S/C15H18NO5P/c17-13-6-4-11(5-7-13)2-1-3-12-10-14(18)8-9-15(12)16-22(19,20)21/h4-8,10,17-18H,1-3,9H2,(H2,19,20,21). The van der Waals surface area contributed by atoms with Gasteiger partial charge in [0.15, 0.2) is 0 Å². The average Bonchev–Trinajstić information content (AvgIpc) is 2.42. The minimum absolute atomic E-state index is 0.0873. The van der Waals surface area contributed by atoms with Crippen LogP contribution in [0.2, 0.25) is 0 Å². The molecule has 1 aromatic rings. The first-order valence-electron chi connectivity index (χ1n) is 6.86. The second kappa shape index (κ2) is 6.92. The van der Waals surface area contributed by atoms with Crippen LogP contribution in [0.3, 0.4) is 0 Å². The van der Waals surface area contributed by atoms with Gasteiger partial charge in [-0.1, -0.05) is 12.1 Å². The molecule has 0 fully saturated rings. The lowest BCUT2D eigenvalue weighted by atomic mass is 9.95. The number of phenolic OH excluding ortho intramolecular Hbond substituents is 1. The summed E-state index contributed by atoms with van der Waals surface area (Å²) in [6, 6.07) is 6.88. The van der Waals surface area contributed by atoms with Crippen LogP contribution >= 0.6 is 7.75 Å². The van der Waals surface area contributed by atoms with Gasteiger partial charge in [-0.2, -0.15) is 4.76 Å². The van der Waals surface area contributed by atoms with E-state index >= 15 is 0 Å². The Labute approximate surface area is 128 Å². The first kappa shape index (κ1) is 16.5. The average molecular weight is 323 g/mol. The Bertz CT molecular complexity index is 670. The van der Waals surface area contributed by atoms with Gasteiger partial charge in [-0.25, -0.2) is 4.57 Å². The van der Waals surface area contributed by atoms with E-state index in [1.54, 1.807) is 12.1 Å². The molecule has 7 heteroatoms. The molecule has 0 aliphatic heterocycles. The van der Waals surface area contributed by atoms with Crippen LogP contribution in [0.4, 0.5) is 0 Å². The van der Waals surface area contributed by atoms with E-state index in [1.165, 1.54) is 12.2 Å². The van der Waals surface area contributed by atoms with Crippen LogP contribution in [0.5, 0.6) is 5.75 Å². The number of hydrogen-bond donors (Lipinski definition) is 4. The number of aromatic hydroxyl groups is 1. The Hall–Kier alpha value is -1.88. The maximum atomic E-state index is 11.0. The zero-order valence-electron chi connectivity index (χ0n) is 11.9. The molecular formula is C15H18NO5P. The summed E-state index contributed by atoms with van der Waals surface area (Å²) in [4.78, 5) is 17.9. The van der Waals surface area contributed by atoms with Gasteiger partial charge in [-0.3, -0.25) is 0 Å². The van der Waals surface area contributed by atoms with Gasteiger partial charge in [-0.15, -0.1) is 0 Å². The number of phenols is 1. The number of rotatable bonds is 5. The van der Waals surface area contributed by atoms with E-state index in [0.29, 0.717) is 17.7 Å². The number of aliphatic hydroxyl groups excluding tert-OH is 1. The molecule has 4 N–H and O–H groups in total. The molecule has 0 atom stereocenters. The normalized spacial score (nSPS) is 17.3. The Morgan fingerprint density at radius 1 is 1.09 bits per heavy atom. The van der Waals surface area contributed by atoms with Gasteiger partial charge in [-0.05, 0) is 54.7 Å². The predicted molar refractivity (Wildman–Crippen MR) is 83.9 cm³/mol. The van der Waals surface area contributed by atoms with E-state index in [0.717, 1.165) is 18.4 Å². The third kappa shape index (κ3) is 5.15. The first-order valence-corrected chi connectivity index (χ1v) is 8.42. The summed E-state index contributed by atoms with van der Waals surface area (Å²) in [6.07, 6.45) is 5.22. The van der Waals surface area contributed by atoms with E-state index in [-0.39, 0.29) is 17.9 Å². The number of allylic oxidation sites excluding steroid dienone is 3. The van der Waals surface area contributed by atoms with Gasteiger partial charge < -0.3 is 20.0 Å². The van der Waals surface area contributed by atoms with Crippen LogP contribution in [-0.4, -0.2) is 25.7 Å². The Kier molecular flexibility index (Phi) is 5.19. The zero-order valence-corrected chi connectivity index (χ0v) is 12.8. The fraction of sp³-hybridized carbons (Fsp3) is 0.267. The quantitative estimate of drug-likeness (QED) is 0.623. The van der Waals surface area contributed by atoms with Crippen molar-refractivity contribution in [2.24, 2.45) is 4.76 Å². The molecule has 118 valence electrons. The van der Waals surface area contributed by atoms with Gasteiger partial charge in [0.2, 0.25) is 0 Å². The first-order chi connectivity index (χ1) is 10.3. The van der Waals surface area contributed by atoms with Gasteiger partial charge in [0.1, 0.15) is 11.5 Å². The van der Waals surface area contributed by atoms with Crippen molar-refractivity contribution in [1.82, 2.24) is 0 Å². The van der Waals surface area contributed by atoms with Gasteiger partial charge >= 0.3 is 7.75 Å². The summed E-state index contributed by atoms with van der Waals surface area (Å²) < 4.78 is 14.5. The molecule has 0 aromatic heterocycles. The molecule has 1 aliphatic rings. The van der Waals surface area contributed by atoms with Crippen molar-refractivity contribution in [3.8, 4) is 5.75 Å². The van der Waals surface area contributed by atoms with Crippen molar-refractivity contribution in [3.05, 3.63) is 53.3 Å². The lowest BCUT2D eigenvalue weighted by Gasteiger charge is -2.14. The highest BCUT2D eigenvalue weighted by molar-refractivity contribution is 7.50. The third-order valence-electron chi connectivity index (χ3n) is 3.30. The zero-order chi connectivity index (χ0) is 16.2. The maximum absolute atomic E-state index is 11.0. The SMILES string of the molecule is O=P(O)(O)N=C1CC=C(O)C=C1CCCc1ccc(O)cc1. The van der Waals surface area contributed by atoms with Crippen molar-refractivity contribution >= 4 is 13.5 Å². The van der Waals surface area contributed by atoms with Crippen LogP contribution in [0.15, 0.2) is 52.5 Å². The highest BCUT2D eigenvalue weighted by Gasteiger charge is 2.18. The van der Waals surface area contributed by atoms with E-state index < -0.39 is 7.75 Å². The summed E-state index contributed by atoms with van der Waals surface area (Å²) in [5, 5.41) is 18.8. The molecule has 1 aliphatic carbocycles. The lowest BCUT2D eigenvalue weighted by molar-refractivity contribution is 0.375. The molecule has 0 heterocycles. The highest BCUT2D eigenvalue weighted by Crippen LogP contribution is 2.38. The largest absolute Gasteiger partial charge is 0.508 e. The lowest BCUT2D eigenvalue weighted by Crippen LogP contribution is -2.08. The van der Waals surface area contributed by atoms with Crippen LogP contribution in [0.25, 0.3) is 0 Å². The molecule has 0 unspecified atom stereocenters. The van der Waals surface area contributed by atoms with Crippen LogP contribution in [-0.2, 0) is 11.0 Å². The molecule has 2 rings (SSSR count). The smallest absolute Gasteiger partial charge is 0.448 e. The molecule has 0 saturated heterocycles. The molecule has 1 aromatic carbocycles. The Morgan fingerprint density at radius 3 is 2.41 bits per heavy atom. The topological polar surface area (TPSA) is 110 Å². The summed E-state index contributed by atoms with van der Waals surface area (Å²) in [7, 11) is -4.48. The third-order valence-corrected chi connectivity index (χ3v) is 3.80. The molecule has 0 amide bonds. The summed E-state index contributed by atoms with van der Waals surface area (Å²) >= 11 is 0. The Balaban J connectivity index is 2.02. The predicted octanol–water partition coefficient (Wildman–Crippen LogP) is 3.02. The fourth-order valence-electron chi connectivity index (χ4n) is 2.28. The van der Waals surface area contributed by atoms with Crippen LogP contribution in [0.1, 0.15) is 24.8 Å². The van der Waals surface area contributed by atoms with Crippen molar-refractivity contribution in [3.63, 3.8) is 0 Å². The maximum Gasteiger partial charge on any atom is 0.448 e. The van der Waals surface area contributed by atoms with E-state index in [2.05, 4.69) is 4.76 Å². The number of benzene rings is 1. The second-order valence-corrected chi connectivity index (χ2v) is 6.31. The van der Waals surface area contributed by atoms with Crippen molar-refractivity contribution < 1.29 is 24.6 Å². The van der Waals surface area contributed by atoms with Crippen molar-refractivity contribution in [1.29, 1.82) is 0 Å². The van der Waals surface area contributed by atoms with Gasteiger partial charge in [0, 0.05) is 6.42 Å². The van der Waals surface area contributed by atoms with E-state index in [4.69, 9.17) is 9.79 Å². The summed E-state index contributed by atoms with van der Waals surface area (Å²) in [6.45, 7) is 0. The second-order valence-electron chi connectivity index (χ2n) is 5.08. The highest BCUT2D eigenvalue weighted by atomic mass is 31.2. The molecule has 0 spiro atoms. The number of aryl methyl sites for hydroxylation is 1. The fourth-order valence-corrected chi connectivity index (χ4v) is 2.80. The molecule has 22 heavy (non-hydrogen) atoms. The van der Waals surface area contributed by atoms with Gasteiger partial charge in [0.05, 0.1) is 5.71 Å². The molecular weight excluding hydrogens is 305 g/mol. The summed E-state index contributed by atoms with van der Waals surface area (Å²) in [5.74, 6) is 0.300. The van der Waals surface area contributed by atoms with E-state index in [1.807, 2.05) is 12.1 Å². The van der Waals surface area contributed by atoms with Crippen LogP contribution in [0, 0.1) is 0 Å². The van der Waals surface area contributed by atoms with Crippen LogP contribution < -0.4 is 0 Å². The number of nitrogens with zero attached hydrogens (tertiary/aromatic N) is 1. The monoisotopic (exact) mass is 323 g/mol. The minimum atomic E-state index is -4.48.